The molecule has 7 heteroatoms. The molecule has 1 fully saturated rings. The molecule has 0 radical (unpaired) electrons. The van der Waals surface area contributed by atoms with Crippen LogP contribution in [-0.2, 0) is 28.9 Å². The summed E-state index contributed by atoms with van der Waals surface area (Å²) in [7, 11) is 0. The molecule has 2 aromatic heterocycles. The number of aromatic nitrogens is 2. The summed E-state index contributed by atoms with van der Waals surface area (Å²) in [5.41, 5.74) is 4.56. The first kappa shape index (κ1) is 21.1. The summed E-state index contributed by atoms with van der Waals surface area (Å²) in [5.74, 6) is 2.47. The fraction of sp³-hybridized carbons (Fsp3) is 0.370. The minimum absolute atomic E-state index is 0.0349. The molecule has 3 aromatic rings. The topological polar surface area (TPSA) is 70.6 Å². The third-order valence-corrected chi connectivity index (χ3v) is 7.18. The van der Waals surface area contributed by atoms with E-state index in [4.69, 9.17) is 9.72 Å². The minimum Gasteiger partial charge on any atom is -0.378 e. The molecule has 4 heterocycles. The van der Waals surface area contributed by atoms with Crippen LogP contribution in [0.1, 0.15) is 29.5 Å². The van der Waals surface area contributed by atoms with Gasteiger partial charge in [-0.15, -0.1) is 0 Å². The van der Waals surface area contributed by atoms with Crippen LogP contribution in [0.3, 0.4) is 0 Å². The number of benzene rings is 1. The SMILES string of the molecule is O=C(C1CCc2ccccc2CC1)N1Cc2cccnc2Nc2ccc(N3CCOCC3)nc21. The molecule has 1 aliphatic carbocycles. The monoisotopic (exact) mass is 455 g/mol. The Morgan fingerprint density at radius 2 is 1.68 bits per heavy atom. The van der Waals surface area contributed by atoms with E-state index in [0.717, 1.165) is 61.7 Å². The van der Waals surface area contributed by atoms with Crippen molar-refractivity contribution in [3.8, 4) is 0 Å². The van der Waals surface area contributed by atoms with Crippen molar-refractivity contribution in [3.63, 3.8) is 0 Å². The zero-order chi connectivity index (χ0) is 22.9. The van der Waals surface area contributed by atoms with Gasteiger partial charge in [-0.25, -0.2) is 9.97 Å². The number of hydrogen-bond acceptors (Lipinski definition) is 6. The van der Waals surface area contributed by atoms with Crippen molar-refractivity contribution in [2.24, 2.45) is 5.92 Å². The van der Waals surface area contributed by atoms with Gasteiger partial charge in [0.1, 0.15) is 11.6 Å². The van der Waals surface area contributed by atoms with Gasteiger partial charge in [0.05, 0.1) is 25.4 Å². The second-order valence-corrected chi connectivity index (χ2v) is 9.24. The van der Waals surface area contributed by atoms with Crippen molar-refractivity contribution in [2.75, 3.05) is 41.4 Å². The Morgan fingerprint density at radius 1 is 0.941 bits per heavy atom. The highest BCUT2D eigenvalue weighted by molar-refractivity contribution is 5.98. The fourth-order valence-corrected chi connectivity index (χ4v) is 5.26. The molecule has 34 heavy (non-hydrogen) atoms. The molecule has 0 saturated carbocycles. The molecule has 1 amide bonds. The van der Waals surface area contributed by atoms with Gasteiger partial charge in [0, 0.05) is 30.8 Å². The number of ether oxygens (including phenoxy) is 1. The van der Waals surface area contributed by atoms with Crippen molar-refractivity contribution in [3.05, 3.63) is 71.4 Å². The van der Waals surface area contributed by atoms with E-state index in [-0.39, 0.29) is 11.8 Å². The van der Waals surface area contributed by atoms with E-state index in [1.165, 1.54) is 11.1 Å². The van der Waals surface area contributed by atoms with Crippen molar-refractivity contribution in [1.82, 2.24) is 9.97 Å². The summed E-state index contributed by atoms with van der Waals surface area (Å²) in [6.45, 7) is 3.45. The molecule has 1 saturated heterocycles. The largest absolute Gasteiger partial charge is 0.378 e. The minimum atomic E-state index is -0.0349. The maximum absolute atomic E-state index is 14.1. The number of nitrogens with one attached hydrogen (secondary N) is 1. The predicted molar refractivity (Wildman–Crippen MR) is 133 cm³/mol. The first-order valence-electron chi connectivity index (χ1n) is 12.2. The van der Waals surface area contributed by atoms with Crippen molar-refractivity contribution < 1.29 is 9.53 Å². The van der Waals surface area contributed by atoms with Gasteiger partial charge in [-0.2, -0.15) is 0 Å². The van der Waals surface area contributed by atoms with Crippen LogP contribution in [0.25, 0.3) is 0 Å². The Morgan fingerprint density at radius 3 is 2.44 bits per heavy atom. The number of fused-ring (bicyclic) bond motifs is 3. The van der Waals surface area contributed by atoms with Crippen LogP contribution in [0.15, 0.2) is 54.7 Å². The summed E-state index contributed by atoms with van der Waals surface area (Å²) in [6.07, 6.45) is 5.37. The second-order valence-electron chi connectivity index (χ2n) is 9.24. The molecular weight excluding hydrogens is 426 g/mol. The summed E-state index contributed by atoms with van der Waals surface area (Å²) < 4.78 is 5.52. The molecule has 7 nitrogen and oxygen atoms in total. The first-order valence-corrected chi connectivity index (χ1v) is 12.2. The number of amides is 1. The average Bonchev–Trinajstić information content (AvgIpc) is 3.21. The maximum atomic E-state index is 14.1. The van der Waals surface area contributed by atoms with Gasteiger partial charge in [0.2, 0.25) is 5.91 Å². The van der Waals surface area contributed by atoms with Gasteiger partial charge >= 0.3 is 0 Å². The van der Waals surface area contributed by atoms with E-state index in [0.29, 0.717) is 25.6 Å². The van der Waals surface area contributed by atoms with Gasteiger partial charge < -0.3 is 15.0 Å². The molecule has 0 unspecified atom stereocenters. The highest BCUT2D eigenvalue weighted by Crippen LogP contribution is 2.37. The Hall–Kier alpha value is -3.45. The van der Waals surface area contributed by atoms with Crippen LogP contribution < -0.4 is 15.1 Å². The fourth-order valence-electron chi connectivity index (χ4n) is 5.26. The van der Waals surface area contributed by atoms with Gasteiger partial charge in [-0.3, -0.25) is 9.69 Å². The molecular formula is C27H29N5O2. The number of pyridine rings is 2. The van der Waals surface area contributed by atoms with E-state index in [1.807, 2.05) is 29.2 Å². The van der Waals surface area contributed by atoms with Crippen LogP contribution >= 0.6 is 0 Å². The van der Waals surface area contributed by atoms with Crippen molar-refractivity contribution in [2.45, 2.75) is 32.2 Å². The third-order valence-electron chi connectivity index (χ3n) is 7.18. The summed E-state index contributed by atoms with van der Waals surface area (Å²) in [4.78, 5) is 27.8. The molecule has 174 valence electrons. The molecule has 1 N–H and O–H groups in total. The quantitative estimate of drug-likeness (QED) is 0.587. The lowest BCUT2D eigenvalue weighted by Gasteiger charge is -2.30. The van der Waals surface area contributed by atoms with Crippen molar-refractivity contribution in [1.29, 1.82) is 0 Å². The summed E-state index contributed by atoms with van der Waals surface area (Å²) >= 11 is 0. The number of nitrogens with zero attached hydrogens (tertiary/aromatic N) is 4. The number of rotatable bonds is 2. The highest BCUT2D eigenvalue weighted by atomic mass is 16.5. The lowest BCUT2D eigenvalue weighted by atomic mass is 9.97. The Labute approximate surface area is 199 Å². The molecule has 6 rings (SSSR count). The number of morpholine rings is 1. The standard InChI is InChI=1S/C27H29N5O2/c33-27(21-9-7-19-4-1-2-5-20(19)8-10-21)32-18-22-6-3-13-28-25(22)29-23-11-12-24(30-26(23)32)31-14-16-34-17-15-31/h1-6,11-13,21H,7-10,14-18H2,(H,28,29). The van der Waals surface area contributed by atoms with Crippen molar-refractivity contribution >= 4 is 29.0 Å². The van der Waals surface area contributed by atoms with Crippen LogP contribution in [0.2, 0.25) is 0 Å². The van der Waals surface area contributed by atoms with E-state index < -0.39 is 0 Å². The van der Waals surface area contributed by atoms with Gasteiger partial charge in [0.15, 0.2) is 5.82 Å². The van der Waals surface area contributed by atoms with Crippen LogP contribution in [0.5, 0.6) is 0 Å². The van der Waals surface area contributed by atoms with Crippen LogP contribution in [0, 0.1) is 5.92 Å². The molecule has 0 bridgehead atoms. The third kappa shape index (κ3) is 4.01. The lowest BCUT2D eigenvalue weighted by Crippen LogP contribution is -2.38. The molecule has 3 aliphatic rings. The summed E-state index contributed by atoms with van der Waals surface area (Å²) in [6, 6.07) is 16.6. The molecule has 0 atom stereocenters. The van der Waals surface area contributed by atoms with E-state index >= 15 is 0 Å². The Balaban J connectivity index is 1.35. The number of aryl methyl sites for hydroxylation is 2. The van der Waals surface area contributed by atoms with Gasteiger partial charge in [-0.05, 0) is 55.0 Å². The maximum Gasteiger partial charge on any atom is 0.231 e. The predicted octanol–water partition coefficient (Wildman–Crippen LogP) is 4.10. The van der Waals surface area contributed by atoms with Crippen LogP contribution in [0.4, 0.5) is 23.1 Å². The van der Waals surface area contributed by atoms with Gasteiger partial charge in [-0.1, -0.05) is 30.3 Å². The van der Waals surface area contributed by atoms with E-state index in [9.17, 15) is 4.79 Å². The number of carbonyl (C=O) groups is 1. The summed E-state index contributed by atoms with van der Waals surface area (Å²) in [5, 5.41) is 3.44. The van der Waals surface area contributed by atoms with E-state index in [2.05, 4.69) is 39.5 Å². The highest BCUT2D eigenvalue weighted by Gasteiger charge is 2.32. The molecule has 1 aromatic carbocycles. The second kappa shape index (κ2) is 9.06. The zero-order valence-corrected chi connectivity index (χ0v) is 19.2. The number of hydrogen-bond donors (Lipinski definition) is 1. The Kier molecular flexibility index (Phi) is 5.63. The van der Waals surface area contributed by atoms with Crippen LogP contribution in [-0.4, -0.2) is 42.2 Å². The molecule has 0 spiro atoms. The molecule has 2 aliphatic heterocycles. The average molecular weight is 456 g/mol. The Bertz CT molecular complexity index is 1180. The van der Waals surface area contributed by atoms with E-state index in [1.54, 1.807) is 6.20 Å². The number of carbonyl (C=O) groups excluding carboxylic acids is 1. The zero-order valence-electron chi connectivity index (χ0n) is 19.2. The lowest BCUT2D eigenvalue weighted by molar-refractivity contribution is -0.122. The normalized spacial score (nSPS) is 18.1. The number of anilines is 4. The van der Waals surface area contributed by atoms with Gasteiger partial charge in [0.25, 0.3) is 0 Å². The first-order chi connectivity index (χ1) is 16.8. The smallest absolute Gasteiger partial charge is 0.231 e.